The molecule has 0 N–H and O–H groups in total. The van der Waals surface area contributed by atoms with E-state index >= 15 is 0 Å². The topological polar surface area (TPSA) is 22.6 Å². The van der Waals surface area contributed by atoms with Crippen LogP contribution in [0.3, 0.4) is 0 Å². The molecule has 23 heavy (non-hydrogen) atoms. The molecule has 1 aromatic rings. The van der Waals surface area contributed by atoms with E-state index in [2.05, 4.69) is 21.8 Å². The largest absolute Gasteiger partial charge is 0.433 e. The van der Waals surface area contributed by atoms with E-state index in [9.17, 15) is 13.2 Å². The van der Waals surface area contributed by atoms with Gasteiger partial charge in [-0.25, -0.2) is 4.98 Å². The lowest BCUT2D eigenvalue weighted by Crippen LogP contribution is -2.54. The summed E-state index contributed by atoms with van der Waals surface area (Å²) in [6.07, 6.45) is -1.95. The Balaban J connectivity index is 1.61. The standard InChI is InChI=1S/C16H23F3N4/c1-21-7-3-4-13(12-21)22-8-10-23(11-9-22)15-6-2-5-14(20-15)16(17,18)19/h2,5-6,13H,3-4,7-12H2,1H3. The number of pyridine rings is 1. The molecule has 1 aromatic heterocycles. The van der Waals surface area contributed by atoms with Crippen molar-refractivity contribution in [3.05, 3.63) is 23.9 Å². The molecule has 0 bridgehead atoms. The van der Waals surface area contributed by atoms with Gasteiger partial charge in [0.2, 0.25) is 0 Å². The fourth-order valence-electron chi connectivity index (χ4n) is 3.51. The van der Waals surface area contributed by atoms with Crippen LogP contribution in [0.1, 0.15) is 18.5 Å². The maximum Gasteiger partial charge on any atom is 0.433 e. The number of likely N-dealkylation sites (N-methyl/N-ethyl adjacent to an activating group) is 1. The lowest BCUT2D eigenvalue weighted by molar-refractivity contribution is -0.141. The third-order valence-corrected chi connectivity index (χ3v) is 4.78. The smallest absolute Gasteiger partial charge is 0.354 e. The number of piperidine rings is 1. The summed E-state index contributed by atoms with van der Waals surface area (Å²) in [5.74, 6) is 0.431. The molecule has 0 radical (unpaired) electrons. The molecule has 3 rings (SSSR count). The second kappa shape index (κ2) is 6.65. The third-order valence-electron chi connectivity index (χ3n) is 4.78. The van der Waals surface area contributed by atoms with Crippen LogP contribution in [0.5, 0.6) is 0 Å². The number of likely N-dealkylation sites (tertiary alicyclic amines) is 1. The van der Waals surface area contributed by atoms with E-state index < -0.39 is 11.9 Å². The number of anilines is 1. The van der Waals surface area contributed by atoms with Crippen LogP contribution in [0, 0.1) is 0 Å². The predicted molar refractivity (Wildman–Crippen MR) is 83.5 cm³/mol. The molecule has 0 aromatic carbocycles. The molecule has 0 amide bonds. The first-order valence-electron chi connectivity index (χ1n) is 8.15. The Hall–Kier alpha value is -1.34. The number of aromatic nitrogens is 1. The molecule has 2 saturated heterocycles. The SMILES string of the molecule is CN1CCCC(N2CCN(c3cccc(C(F)(F)F)n3)CC2)C1. The summed E-state index contributed by atoms with van der Waals surface area (Å²) in [6.45, 7) is 5.47. The maximum atomic E-state index is 12.8. The number of piperazine rings is 1. The van der Waals surface area contributed by atoms with Crippen molar-refractivity contribution in [2.24, 2.45) is 0 Å². The van der Waals surface area contributed by atoms with E-state index in [1.807, 2.05) is 4.90 Å². The zero-order valence-electron chi connectivity index (χ0n) is 13.4. The van der Waals surface area contributed by atoms with Crippen LogP contribution < -0.4 is 4.90 Å². The van der Waals surface area contributed by atoms with Gasteiger partial charge in [-0.2, -0.15) is 13.2 Å². The fraction of sp³-hybridized carbons (Fsp3) is 0.688. The summed E-state index contributed by atoms with van der Waals surface area (Å²) >= 11 is 0. The second-order valence-corrected chi connectivity index (χ2v) is 6.46. The Morgan fingerprint density at radius 3 is 2.48 bits per heavy atom. The third kappa shape index (κ3) is 3.95. The van der Waals surface area contributed by atoms with Gasteiger partial charge in [0.15, 0.2) is 0 Å². The molecule has 7 heteroatoms. The molecule has 2 aliphatic rings. The van der Waals surface area contributed by atoms with E-state index in [4.69, 9.17) is 0 Å². The summed E-state index contributed by atoms with van der Waals surface area (Å²) in [7, 11) is 2.15. The van der Waals surface area contributed by atoms with Crippen molar-refractivity contribution in [2.45, 2.75) is 25.1 Å². The molecule has 0 spiro atoms. The summed E-state index contributed by atoms with van der Waals surface area (Å²) in [4.78, 5) is 10.6. The van der Waals surface area contributed by atoms with Crippen LogP contribution >= 0.6 is 0 Å². The first kappa shape index (κ1) is 16.5. The zero-order valence-corrected chi connectivity index (χ0v) is 13.4. The van der Waals surface area contributed by atoms with Crippen LogP contribution in [0.4, 0.5) is 19.0 Å². The van der Waals surface area contributed by atoms with E-state index in [0.717, 1.165) is 45.3 Å². The van der Waals surface area contributed by atoms with Crippen molar-refractivity contribution in [1.82, 2.24) is 14.8 Å². The molecular formula is C16H23F3N4. The van der Waals surface area contributed by atoms with Gasteiger partial charge in [0.1, 0.15) is 11.5 Å². The van der Waals surface area contributed by atoms with Crippen LogP contribution in [0.25, 0.3) is 0 Å². The number of halogens is 3. The average molecular weight is 328 g/mol. The lowest BCUT2D eigenvalue weighted by Gasteiger charge is -2.43. The van der Waals surface area contributed by atoms with Crippen LogP contribution in [-0.4, -0.2) is 67.1 Å². The van der Waals surface area contributed by atoms with E-state index in [0.29, 0.717) is 11.9 Å². The van der Waals surface area contributed by atoms with Gasteiger partial charge in [-0.05, 0) is 38.6 Å². The van der Waals surface area contributed by atoms with Gasteiger partial charge in [-0.1, -0.05) is 6.07 Å². The number of hydrogen-bond donors (Lipinski definition) is 0. The van der Waals surface area contributed by atoms with Crippen molar-refractivity contribution in [2.75, 3.05) is 51.2 Å². The maximum absolute atomic E-state index is 12.8. The van der Waals surface area contributed by atoms with E-state index in [1.54, 1.807) is 6.07 Å². The Morgan fingerprint density at radius 1 is 1.09 bits per heavy atom. The van der Waals surface area contributed by atoms with Crippen molar-refractivity contribution in [3.8, 4) is 0 Å². The lowest BCUT2D eigenvalue weighted by atomic mass is 10.0. The predicted octanol–water partition coefficient (Wildman–Crippen LogP) is 2.32. The summed E-state index contributed by atoms with van der Waals surface area (Å²) in [5, 5.41) is 0. The second-order valence-electron chi connectivity index (χ2n) is 6.46. The van der Waals surface area contributed by atoms with E-state index in [1.165, 1.54) is 18.9 Å². The van der Waals surface area contributed by atoms with Gasteiger partial charge in [0.05, 0.1) is 0 Å². The highest BCUT2D eigenvalue weighted by atomic mass is 19.4. The van der Waals surface area contributed by atoms with Crippen molar-refractivity contribution < 1.29 is 13.2 Å². The molecule has 2 aliphatic heterocycles. The van der Waals surface area contributed by atoms with Gasteiger partial charge in [-0.3, -0.25) is 4.90 Å². The highest BCUT2D eigenvalue weighted by Gasteiger charge is 2.33. The molecule has 0 aliphatic carbocycles. The fourth-order valence-corrected chi connectivity index (χ4v) is 3.51. The minimum Gasteiger partial charge on any atom is -0.354 e. The van der Waals surface area contributed by atoms with Gasteiger partial charge in [0.25, 0.3) is 0 Å². The first-order valence-corrected chi connectivity index (χ1v) is 8.15. The molecule has 2 fully saturated rings. The number of alkyl halides is 3. The van der Waals surface area contributed by atoms with Crippen LogP contribution in [0.15, 0.2) is 18.2 Å². The molecule has 4 nitrogen and oxygen atoms in total. The molecule has 1 atom stereocenters. The number of hydrogen-bond acceptors (Lipinski definition) is 4. The highest BCUT2D eigenvalue weighted by Crippen LogP contribution is 2.29. The van der Waals surface area contributed by atoms with Crippen molar-refractivity contribution in [1.29, 1.82) is 0 Å². The van der Waals surface area contributed by atoms with Crippen LogP contribution in [-0.2, 0) is 6.18 Å². The summed E-state index contributed by atoms with van der Waals surface area (Å²) in [5.41, 5.74) is -0.814. The Labute approximate surface area is 134 Å². The minimum absolute atomic E-state index is 0.431. The number of nitrogens with zero attached hydrogens (tertiary/aromatic N) is 4. The monoisotopic (exact) mass is 328 g/mol. The molecular weight excluding hydrogens is 305 g/mol. The molecule has 1 unspecified atom stereocenters. The summed E-state index contributed by atoms with van der Waals surface area (Å²) in [6, 6.07) is 4.70. The molecule has 128 valence electrons. The normalized spacial score (nSPS) is 24.9. The molecule has 3 heterocycles. The van der Waals surface area contributed by atoms with E-state index in [-0.39, 0.29) is 0 Å². The Bertz CT molecular complexity index is 526. The van der Waals surface area contributed by atoms with Gasteiger partial charge in [0, 0.05) is 38.8 Å². The number of rotatable bonds is 2. The van der Waals surface area contributed by atoms with Gasteiger partial charge in [-0.15, -0.1) is 0 Å². The van der Waals surface area contributed by atoms with Crippen LogP contribution in [0.2, 0.25) is 0 Å². The first-order chi connectivity index (χ1) is 10.9. The minimum atomic E-state index is -4.38. The quantitative estimate of drug-likeness (QED) is 0.831. The van der Waals surface area contributed by atoms with Crippen molar-refractivity contribution in [3.63, 3.8) is 0 Å². The average Bonchev–Trinajstić information content (AvgIpc) is 2.54. The van der Waals surface area contributed by atoms with Gasteiger partial charge >= 0.3 is 6.18 Å². The Morgan fingerprint density at radius 2 is 1.83 bits per heavy atom. The summed E-state index contributed by atoms with van der Waals surface area (Å²) < 4.78 is 38.3. The zero-order chi connectivity index (χ0) is 16.4. The van der Waals surface area contributed by atoms with Gasteiger partial charge < -0.3 is 9.80 Å². The highest BCUT2D eigenvalue weighted by molar-refractivity contribution is 5.40. The van der Waals surface area contributed by atoms with Crippen molar-refractivity contribution >= 4 is 5.82 Å². The Kier molecular flexibility index (Phi) is 4.77. The molecule has 0 saturated carbocycles.